The molecule has 1 aliphatic rings. The summed E-state index contributed by atoms with van der Waals surface area (Å²) in [6.45, 7) is 2.42. The van der Waals surface area contributed by atoms with Gasteiger partial charge in [-0.1, -0.05) is 18.2 Å². The molecule has 1 fully saturated rings. The average Bonchev–Trinajstić information content (AvgIpc) is 2.88. The van der Waals surface area contributed by atoms with Crippen molar-refractivity contribution in [3.63, 3.8) is 0 Å². The van der Waals surface area contributed by atoms with Gasteiger partial charge in [-0.05, 0) is 23.8 Å². The highest BCUT2D eigenvalue weighted by atomic mass is 32.1. The number of thiocarbonyl (C=S) groups is 1. The van der Waals surface area contributed by atoms with Crippen LogP contribution in [-0.2, 0) is 11.3 Å². The van der Waals surface area contributed by atoms with Gasteiger partial charge in [0.1, 0.15) is 6.61 Å². The smallest absolute Gasteiger partial charge is 0.259 e. The second-order valence-corrected chi connectivity index (χ2v) is 4.24. The van der Waals surface area contributed by atoms with E-state index in [1.165, 1.54) is 16.5 Å². The zero-order chi connectivity index (χ0) is 11.0. The van der Waals surface area contributed by atoms with Gasteiger partial charge in [0, 0.05) is 23.6 Å². The summed E-state index contributed by atoms with van der Waals surface area (Å²) in [5, 5.41) is 1.88. The fourth-order valence-corrected chi connectivity index (χ4v) is 2.28. The number of aromatic amines is 1. The first kappa shape index (κ1) is 9.66. The van der Waals surface area contributed by atoms with Crippen LogP contribution in [0.3, 0.4) is 0 Å². The monoisotopic (exact) mass is 232 g/mol. The second kappa shape index (κ2) is 3.79. The fourth-order valence-electron chi connectivity index (χ4n) is 2.04. The first-order valence-electron chi connectivity index (χ1n) is 5.31. The number of hydrogen-bond donors (Lipinski definition) is 1. The molecule has 0 spiro atoms. The maximum Gasteiger partial charge on any atom is 0.259 e. The van der Waals surface area contributed by atoms with Gasteiger partial charge in [0.25, 0.3) is 5.17 Å². The summed E-state index contributed by atoms with van der Waals surface area (Å²) >= 11 is 5.13. The molecule has 1 aliphatic heterocycles. The van der Waals surface area contributed by atoms with Crippen molar-refractivity contribution in [1.29, 1.82) is 0 Å². The van der Waals surface area contributed by atoms with Crippen LogP contribution < -0.4 is 0 Å². The van der Waals surface area contributed by atoms with E-state index in [1.54, 1.807) is 0 Å². The van der Waals surface area contributed by atoms with Crippen molar-refractivity contribution in [2.75, 3.05) is 13.2 Å². The van der Waals surface area contributed by atoms with Gasteiger partial charge < -0.3 is 14.6 Å². The third kappa shape index (κ3) is 1.55. The standard InChI is InChI=1S/C12H12N2OS/c16-12-14(5-6-15-12)8-9-7-13-11-4-2-1-3-10(9)11/h1-4,7,13H,5-6,8H2. The van der Waals surface area contributed by atoms with Crippen LogP contribution in [0.1, 0.15) is 5.56 Å². The number of nitrogens with zero attached hydrogens (tertiary/aromatic N) is 1. The topological polar surface area (TPSA) is 28.3 Å². The first-order chi connectivity index (χ1) is 7.84. The van der Waals surface area contributed by atoms with E-state index in [1.807, 2.05) is 12.3 Å². The molecule has 2 aromatic rings. The lowest BCUT2D eigenvalue weighted by atomic mass is 10.2. The highest BCUT2D eigenvalue weighted by Crippen LogP contribution is 2.20. The summed E-state index contributed by atoms with van der Waals surface area (Å²) in [6, 6.07) is 8.30. The van der Waals surface area contributed by atoms with Gasteiger partial charge in [0.2, 0.25) is 0 Å². The molecule has 82 valence electrons. The Morgan fingerprint density at radius 1 is 1.38 bits per heavy atom. The summed E-state index contributed by atoms with van der Waals surface area (Å²) in [4.78, 5) is 5.35. The van der Waals surface area contributed by atoms with Gasteiger partial charge in [-0.15, -0.1) is 0 Å². The molecule has 4 heteroatoms. The van der Waals surface area contributed by atoms with Crippen molar-refractivity contribution < 1.29 is 4.74 Å². The van der Waals surface area contributed by atoms with Gasteiger partial charge >= 0.3 is 0 Å². The van der Waals surface area contributed by atoms with Crippen molar-refractivity contribution in [3.8, 4) is 0 Å². The molecule has 1 saturated heterocycles. The van der Waals surface area contributed by atoms with Gasteiger partial charge in [-0.2, -0.15) is 0 Å². The molecule has 1 aromatic heterocycles. The molecule has 0 aliphatic carbocycles. The van der Waals surface area contributed by atoms with Crippen molar-refractivity contribution in [2.45, 2.75) is 6.54 Å². The number of rotatable bonds is 2. The van der Waals surface area contributed by atoms with E-state index in [0.29, 0.717) is 11.8 Å². The van der Waals surface area contributed by atoms with Crippen LogP contribution in [0.15, 0.2) is 30.5 Å². The Morgan fingerprint density at radius 2 is 2.25 bits per heavy atom. The van der Waals surface area contributed by atoms with E-state index in [-0.39, 0.29) is 0 Å². The molecule has 0 radical (unpaired) electrons. The summed E-state index contributed by atoms with van der Waals surface area (Å²) < 4.78 is 5.27. The molecule has 0 amide bonds. The highest BCUT2D eigenvalue weighted by molar-refractivity contribution is 7.80. The molecule has 0 unspecified atom stereocenters. The maximum atomic E-state index is 5.27. The summed E-state index contributed by atoms with van der Waals surface area (Å²) in [6.07, 6.45) is 2.05. The van der Waals surface area contributed by atoms with Crippen LogP contribution in [0.2, 0.25) is 0 Å². The lowest BCUT2D eigenvalue weighted by Crippen LogP contribution is -2.23. The quantitative estimate of drug-likeness (QED) is 0.805. The van der Waals surface area contributed by atoms with Crippen LogP contribution >= 0.6 is 12.2 Å². The molecule has 2 heterocycles. The van der Waals surface area contributed by atoms with Crippen LogP contribution in [-0.4, -0.2) is 28.2 Å². The number of para-hydroxylation sites is 1. The van der Waals surface area contributed by atoms with E-state index in [0.717, 1.165) is 13.1 Å². The van der Waals surface area contributed by atoms with Crippen LogP contribution in [0.5, 0.6) is 0 Å². The molecular formula is C12H12N2OS. The highest BCUT2D eigenvalue weighted by Gasteiger charge is 2.19. The number of nitrogens with one attached hydrogen (secondary N) is 1. The van der Waals surface area contributed by atoms with Gasteiger partial charge in [-0.25, -0.2) is 0 Å². The zero-order valence-electron chi connectivity index (χ0n) is 8.77. The number of aromatic nitrogens is 1. The predicted molar refractivity (Wildman–Crippen MR) is 67.3 cm³/mol. The third-order valence-electron chi connectivity index (χ3n) is 2.88. The molecule has 16 heavy (non-hydrogen) atoms. The predicted octanol–water partition coefficient (Wildman–Crippen LogP) is 2.29. The zero-order valence-corrected chi connectivity index (χ0v) is 9.59. The first-order valence-corrected chi connectivity index (χ1v) is 5.72. The second-order valence-electron chi connectivity index (χ2n) is 3.90. The molecule has 3 nitrogen and oxygen atoms in total. The Kier molecular flexibility index (Phi) is 2.29. The summed E-state index contributed by atoms with van der Waals surface area (Å²) in [5.41, 5.74) is 2.44. The minimum absolute atomic E-state index is 0.616. The van der Waals surface area contributed by atoms with E-state index in [2.05, 4.69) is 28.1 Å². The van der Waals surface area contributed by atoms with Crippen LogP contribution in [0.25, 0.3) is 10.9 Å². The van der Waals surface area contributed by atoms with Crippen molar-refractivity contribution in [1.82, 2.24) is 9.88 Å². The van der Waals surface area contributed by atoms with E-state index >= 15 is 0 Å². The molecule has 1 N–H and O–H groups in total. The van der Waals surface area contributed by atoms with Crippen molar-refractivity contribution in [2.24, 2.45) is 0 Å². The average molecular weight is 232 g/mol. The van der Waals surface area contributed by atoms with E-state index < -0.39 is 0 Å². The Bertz CT molecular complexity index is 535. The lowest BCUT2D eigenvalue weighted by molar-refractivity contribution is 0.360. The number of ether oxygens (including phenoxy) is 1. The number of fused-ring (bicyclic) bond motifs is 1. The Hall–Kier alpha value is -1.55. The van der Waals surface area contributed by atoms with Gasteiger partial charge in [0.15, 0.2) is 0 Å². The van der Waals surface area contributed by atoms with Crippen molar-refractivity contribution in [3.05, 3.63) is 36.0 Å². The Labute approximate surface area is 99.0 Å². The third-order valence-corrected chi connectivity index (χ3v) is 3.26. The number of hydrogen-bond acceptors (Lipinski definition) is 2. The SMILES string of the molecule is S=C1OCCN1Cc1c[nH]c2ccccc12. The molecular weight excluding hydrogens is 220 g/mol. The molecule has 0 bridgehead atoms. The van der Waals surface area contributed by atoms with Crippen molar-refractivity contribution >= 4 is 28.3 Å². The number of benzene rings is 1. The Balaban J connectivity index is 1.92. The van der Waals surface area contributed by atoms with E-state index in [4.69, 9.17) is 17.0 Å². The molecule has 0 saturated carbocycles. The largest absolute Gasteiger partial charge is 0.469 e. The summed E-state index contributed by atoms with van der Waals surface area (Å²) in [5.74, 6) is 0. The lowest BCUT2D eigenvalue weighted by Gasteiger charge is -2.13. The minimum atomic E-state index is 0.616. The van der Waals surface area contributed by atoms with Gasteiger partial charge in [0.05, 0.1) is 6.54 Å². The van der Waals surface area contributed by atoms with Gasteiger partial charge in [-0.3, -0.25) is 0 Å². The molecule has 1 aromatic carbocycles. The normalized spacial score (nSPS) is 15.8. The minimum Gasteiger partial charge on any atom is -0.469 e. The molecule has 0 atom stereocenters. The summed E-state index contributed by atoms with van der Waals surface area (Å²) in [7, 11) is 0. The molecule has 3 rings (SSSR count). The van der Waals surface area contributed by atoms with Crippen LogP contribution in [0, 0.1) is 0 Å². The van der Waals surface area contributed by atoms with E-state index in [9.17, 15) is 0 Å². The fraction of sp³-hybridized carbons (Fsp3) is 0.250. The number of H-pyrrole nitrogens is 1. The Morgan fingerprint density at radius 3 is 3.06 bits per heavy atom. The van der Waals surface area contributed by atoms with Crippen LogP contribution in [0.4, 0.5) is 0 Å². The maximum absolute atomic E-state index is 5.27.